The van der Waals surface area contributed by atoms with Gasteiger partial charge in [0.1, 0.15) is 0 Å². The van der Waals surface area contributed by atoms with E-state index in [9.17, 15) is 18.0 Å². The van der Waals surface area contributed by atoms with Crippen molar-refractivity contribution in [3.63, 3.8) is 0 Å². The number of amides is 1. The molecule has 0 spiro atoms. The zero-order valence-corrected chi connectivity index (χ0v) is 11.9. The van der Waals surface area contributed by atoms with E-state index < -0.39 is 5.51 Å². The topological polar surface area (TPSA) is 55.1 Å². The molecule has 0 aromatic heterocycles. The van der Waals surface area contributed by atoms with E-state index in [1.165, 1.54) is 24.3 Å². The second-order valence-electron chi connectivity index (χ2n) is 4.37. The Hall–Kier alpha value is -1.21. The number of rotatable bonds is 6. The molecule has 1 rings (SSSR count). The van der Waals surface area contributed by atoms with Gasteiger partial charge < -0.3 is 11.1 Å². The van der Waals surface area contributed by atoms with Gasteiger partial charge in [0, 0.05) is 23.0 Å². The van der Waals surface area contributed by atoms with Gasteiger partial charge >= 0.3 is 5.51 Å². The summed E-state index contributed by atoms with van der Waals surface area (Å²) in [5, 5.41) is 2.61. The summed E-state index contributed by atoms with van der Waals surface area (Å²) < 4.78 is 36.4. The third-order valence-corrected chi connectivity index (χ3v) is 3.22. The molecule has 0 aliphatic carbocycles. The molecular formula is C13H17F3N2OS. The molecule has 0 fully saturated rings. The smallest absolute Gasteiger partial charge is 0.327 e. The minimum Gasteiger partial charge on any atom is -0.327 e. The second-order valence-corrected chi connectivity index (χ2v) is 5.51. The third-order valence-electron chi connectivity index (χ3n) is 2.48. The van der Waals surface area contributed by atoms with Crippen molar-refractivity contribution in [2.75, 3.05) is 5.32 Å². The first-order valence-electron chi connectivity index (χ1n) is 6.21. The lowest BCUT2D eigenvalue weighted by Crippen LogP contribution is -2.26. The van der Waals surface area contributed by atoms with Crippen molar-refractivity contribution in [2.24, 2.45) is 5.73 Å². The highest BCUT2D eigenvalue weighted by Crippen LogP contribution is 2.36. The molecule has 0 saturated carbocycles. The van der Waals surface area contributed by atoms with Crippen LogP contribution in [0.5, 0.6) is 0 Å². The molecule has 112 valence electrons. The van der Waals surface area contributed by atoms with Gasteiger partial charge in [-0.3, -0.25) is 4.79 Å². The molecular weight excluding hydrogens is 289 g/mol. The van der Waals surface area contributed by atoms with Crippen molar-refractivity contribution in [1.82, 2.24) is 0 Å². The van der Waals surface area contributed by atoms with Gasteiger partial charge in [-0.2, -0.15) is 13.2 Å². The summed E-state index contributed by atoms with van der Waals surface area (Å²) in [7, 11) is 0. The number of nitrogens with one attached hydrogen (secondary N) is 1. The molecule has 1 atom stereocenters. The van der Waals surface area contributed by atoms with Gasteiger partial charge in [-0.05, 0) is 42.4 Å². The van der Waals surface area contributed by atoms with E-state index in [0.29, 0.717) is 5.69 Å². The van der Waals surface area contributed by atoms with Crippen molar-refractivity contribution < 1.29 is 18.0 Å². The van der Waals surface area contributed by atoms with E-state index in [1.807, 2.05) is 6.92 Å². The van der Waals surface area contributed by atoms with Gasteiger partial charge in [-0.25, -0.2) is 0 Å². The monoisotopic (exact) mass is 306 g/mol. The van der Waals surface area contributed by atoms with E-state index in [2.05, 4.69) is 5.32 Å². The first-order chi connectivity index (χ1) is 9.30. The van der Waals surface area contributed by atoms with Crippen molar-refractivity contribution in [3.05, 3.63) is 24.3 Å². The van der Waals surface area contributed by atoms with Crippen LogP contribution in [0, 0.1) is 0 Å². The zero-order valence-electron chi connectivity index (χ0n) is 11.0. The molecule has 0 saturated heterocycles. The maximum absolute atomic E-state index is 12.1. The average Bonchev–Trinajstić information content (AvgIpc) is 2.30. The molecule has 1 amide bonds. The number of hydrogen-bond donors (Lipinski definition) is 2. The van der Waals surface area contributed by atoms with Gasteiger partial charge in [0.15, 0.2) is 0 Å². The molecule has 0 aliphatic rings. The number of carbonyl (C=O) groups excluding carboxylic acids is 1. The molecule has 1 unspecified atom stereocenters. The van der Waals surface area contributed by atoms with Gasteiger partial charge in [-0.15, -0.1) is 0 Å². The summed E-state index contributed by atoms with van der Waals surface area (Å²) in [6, 6.07) is 5.33. The number of hydrogen-bond acceptors (Lipinski definition) is 3. The van der Waals surface area contributed by atoms with E-state index in [1.54, 1.807) is 0 Å². The molecule has 1 aromatic carbocycles. The van der Waals surface area contributed by atoms with Gasteiger partial charge in [0.25, 0.3) is 0 Å². The van der Waals surface area contributed by atoms with Crippen LogP contribution in [0.25, 0.3) is 0 Å². The van der Waals surface area contributed by atoms with E-state index in [4.69, 9.17) is 5.73 Å². The number of halogens is 3. The maximum Gasteiger partial charge on any atom is 0.446 e. The summed E-state index contributed by atoms with van der Waals surface area (Å²) in [4.78, 5) is 11.7. The predicted octanol–water partition coefficient (Wildman–Crippen LogP) is 3.75. The number of nitrogens with two attached hydrogens (primary N) is 1. The Morgan fingerprint density at radius 3 is 2.45 bits per heavy atom. The first kappa shape index (κ1) is 16.8. The number of benzene rings is 1. The summed E-state index contributed by atoms with van der Waals surface area (Å²) in [5.74, 6) is -0.234. The van der Waals surface area contributed by atoms with E-state index in [-0.39, 0.29) is 35.0 Å². The minimum absolute atomic E-state index is 0.0817. The first-order valence-corrected chi connectivity index (χ1v) is 7.03. The van der Waals surface area contributed by atoms with Crippen molar-refractivity contribution >= 4 is 23.4 Å². The Bertz CT molecular complexity index is 434. The van der Waals surface area contributed by atoms with Crippen LogP contribution in [0.4, 0.5) is 18.9 Å². The molecule has 0 bridgehead atoms. The molecule has 20 heavy (non-hydrogen) atoms. The molecule has 3 N–H and O–H groups in total. The Morgan fingerprint density at radius 2 is 1.95 bits per heavy atom. The number of anilines is 1. The van der Waals surface area contributed by atoms with Crippen LogP contribution in [0.3, 0.4) is 0 Å². The van der Waals surface area contributed by atoms with Crippen molar-refractivity contribution in [1.29, 1.82) is 0 Å². The molecule has 0 radical (unpaired) electrons. The highest BCUT2D eigenvalue weighted by Gasteiger charge is 2.29. The van der Waals surface area contributed by atoms with Crippen LogP contribution >= 0.6 is 11.8 Å². The highest BCUT2D eigenvalue weighted by molar-refractivity contribution is 8.00. The van der Waals surface area contributed by atoms with Gasteiger partial charge in [0.05, 0.1) is 0 Å². The zero-order chi connectivity index (χ0) is 15.2. The Kier molecular flexibility index (Phi) is 6.35. The fourth-order valence-corrected chi connectivity index (χ4v) is 2.20. The van der Waals surface area contributed by atoms with E-state index in [0.717, 1.165) is 12.8 Å². The van der Waals surface area contributed by atoms with Crippen LogP contribution in [0.2, 0.25) is 0 Å². The van der Waals surface area contributed by atoms with Gasteiger partial charge in [0.2, 0.25) is 5.91 Å². The number of alkyl halides is 3. The molecule has 0 heterocycles. The lowest BCUT2D eigenvalue weighted by atomic mass is 10.1. The van der Waals surface area contributed by atoms with Crippen LogP contribution < -0.4 is 11.1 Å². The Labute approximate surface area is 120 Å². The highest BCUT2D eigenvalue weighted by atomic mass is 32.2. The summed E-state index contributed by atoms with van der Waals surface area (Å²) >= 11 is -0.187. The average molecular weight is 306 g/mol. The molecule has 7 heteroatoms. The fraction of sp³-hybridized carbons (Fsp3) is 0.462. The SMILES string of the molecule is CCCC(N)CC(=O)Nc1ccc(SC(F)(F)F)cc1. The lowest BCUT2D eigenvalue weighted by Gasteiger charge is -2.11. The molecule has 1 aromatic rings. The predicted molar refractivity (Wildman–Crippen MR) is 74.5 cm³/mol. The standard InChI is InChI=1S/C13H17F3N2OS/c1-2-3-9(17)8-12(19)18-10-4-6-11(7-5-10)20-13(14,15)16/h4-7,9H,2-3,8,17H2,1H3,(H,18,19). The maximum atomic E-state index is 12.1. The normalized spacial score (nSPS) is 13.1. The Morgan fingerprint density at radius 1 is 1.35 bits per heavy atom. The second kappa shape index (κ2) is 7.54. The van der Waals surface area contributed by atoms with Gasteiger partial charge in [-0.1, -0.05) is 13.3 Å². The minimum atomic E-state index is -4.31. The molecule has 0 aliphatic heterocycles. The Balaban J connectivity index is 2.51. The van der Waals surface area contributed by atoms with Crippen molar-refractivity contribution in [2.45, 2.75) is 42.6 Å². The largest absolute Gasteiger partial charge is 0.446 e. The quantitative estimate of drug-likeness (QED) is 0.787. The third kappa shape index (κ3) is 6.81. The lowest BCUT2D eigenvalue weighted by molar-refractivity contribution is -0.116. The molecule has 3 nitrogen and oxygen atoms in total. The van der Waals surface area contributed by atoms with Crippen LogP contribution in [-0.2, 0) is 4.79 Å². The van der Waals surface area contributed by atoms with Crippen LogP contribution in [-0.4, -0.2) is 17.5 Å². The number of carbonyl (C=O) groups is 1. The summed E-state index contributed by atoms with van der Waals surface area (Å²) in [6.07, 6.45) is 1.86. The number of thioether (sulfide) groups is 1. The summed E-state index contributed by atoms with van der Waals surface area (Å²) in [5.41, 5.74) is 1.90. The van der Waals surface area contributed by atoms with Crippen molar-refractivity contribution in [3.8, 4) is 0 Å². The fourth-order valence-electron chi connectivity index (χ4n) is 1.66. The van der Waals surface area contributed by atoms with Crippen LogP contribution in [0.15, 0.2) is 29.2 Å². The van der Waals surface area contributed by atoms with Crippen LogP contribution in [0.1, 0.15) is 26.2 Å². The van der Waals surface area contributed by atoms with E-state index >= 15 is 0 Å². The summed E-state index contributed by atoms with van der Waals surface area (Å²) in [6.45, 7) is 1.98.